The van der Waals surface area contributed by atoms with Crippen LogP contribution < -0.4 is 0 Å². The summed E-state index contributed by atoms with van der Waals surface area (Å²) in [5.41, 5.74) is 1.45. The Bertz CT molecular complexity index is 566. The van der Waals surface area contributed by atoms with Crippen LogP contribution >= 0.6 is 0 Å². The van der Waals surface area contributed by atoms with Crippen LogP contribution in [0.3, 0.4) is 0 Å². The minimum absolute atomic E-state index is 0.202. The van der Waals surface area contributed by atoms with Crippen molar-refractivity contribution in [2.45, 2.75) is 52.2 Å². The maximum atomic E-state index is 12.4. The lowest BCUT2D eigenvalue weighted by Gasteiger charge is -2.34. The maximum absolute atomic E-state index is 12.4. The fourth-order valence-electron chi connectivity index (χ4n) is 5.67. The predicted octanol–water partition coefficient (Wildman–Crippen LogP) is 4.23. The number of rotatable bonds is 3. The molecular formula is C20H26O2. The van der Waals surface area contributed by atoms with Crippen LogP contribution in [-0.4, -0.2) is 11.9 Å². The third kappa shape index (κ3) is 2.15. The molecule has 0 heterocycles. The second-order valence-electron chi connectivity index (χ2n) is 8.10. The number of ether oxygens (including phenoxy) is 1. The highest BCUT2D eigenvalue weighted by molar-refractivity contribution is 5.86. The monoisotopic (exact) mass is 298 g/mol. The summed E-state index contributed by atoms with van der Waals surface area (Å²) in [6.07, 6.45) is 4.65. The zero-order valence-electron chi connectivity index (χ0n) is 13.6. The van der Waals surface area contributed by atoms with Crippen LogP contribution in [0, 0.1) is 29.1 Å². The second-order valence-corrected chi connectivity index (χ2v) is 8.10. The highest BCUT2D eigenvalue weighted by atomic mass is 16.5. The van der Waals surface area contributed by atoms with Gasteiger partial charge < -0.3 is 4.74 Å². The topological polar surface area (TPSA) is 26.3 Å². The number of benzene rings is 1. The molecule has 0 N–H and O–H groups in total. The Morgan fingerprint density at radius 1 is 1.23 bits per heavy atom. The Morgan fingerprint density at radius 3 is 2.77 bits per heavy atom. The first-order chi connectivity index (χ1) is 10.6. The van der Waals surface area contributed by atoms with E-state index in [1.54, 1.807) is 0 Å². The van der Waals surface area contributed by atoms with Gasteiger partial charge in [0, 0.05) is 12.3 Å². The van der Waals surface area contributed by atoms with E-state index in [9.17, 15) is 4.79 Å². The number of hydrogen-bond acceptors (Lipinski definition) is 2. The molecule has 2 heteroatoms. The van der Waals surface area contributed by atoms with Gasteiger partial charge in [0.15, 0.2) is 0 Å². The first-order valence-electron chi connectivity index (χ1n) is 8.76. The van der Waals surface area contributed by atoms with Gasteiger partial charge in [-0.15, -0.1) is 0 Å². The molecule has 0 amide bonds. The summed E-state index contributed by atoms with van der Waals surface area (Å²) in [5, 5.41) is 0. The van der Waals surface area contributed by atoms with Crippen molar-refractivity contribution in [3.8, 4) is 0 Å². The molecule has 0 saturated heterocycles. The van der Waals surface area contributed by atoms with Gasteiger partial charge in [0.05, 0.1) is 12.7 Å². The second kappa shape index (κ2) is 5.19. The maximum Gasteiger partial charge on any atom is 0.137 e. The molecule has 3 saturated carbocycles. The van der Waals surface area contributed by atoms with Crippen molar-refractivity contribution in [1.29, 1.82) is 0 Å². The number of ketones is 1. The molecule has 4 rings (SSSR count). The number of hydrogen-bond donors (Lipinski definition) is 0. The summed E-state index contributed by atoms with van der Waals surface area (Å²) in [6, 6.07) is 10.4. The van der Waals surface area contributed by atoms with Crippen molar-refractivity contribution in [2.75, 3.05) is 0 Å². The molecule has 0 aliphatic heterocycles. The third-order valence-electron chi connectivity index (χ3n) is 6.75. The van der Waals surface area contributed by atoms with E-state index in [-0.39, 0.29) is 5.41 Å². The van der Waals surface area contributed by atoms with Crippen LogP contribution in [0.1, 0.15) is 45.1 Å². The molecule has 0 aromatic heterocycles. The quantitative estimate of drug-likeness (QED) is 0.834. The van der Waals surface area contributed by atoms with Crippen molar-refractivity contribution in [2.24, 2.45) is 29.1 Å². The van der Waals surface area contributed by atoms with Crippen LogP contribution in [-0.2, 0) is 16.1 Å². The summed E-state index contributed by atoms with van der Waals surface area (Å²) >= 11 is 0. The average molecular weight is 298 g/mol. The van der Waals surface area contributed by atoms with E-state index in [1.165, 1.54) is 18.4 Å². The van der Waals surface area contributed by atoms with Gasteiger partial charge in [-0.1, -0.05) is 44.2 Å². The first-order valence-corrected chi connectivity index (χ1v) is 8.76. The van der Waals surface area contributed by atoms with E-state index in [0.29, 0.717) is 42.2 Å². The lowest BCUT2D eigenvalue weighted by molar-refractivity contribution is -0.124. The van der Waals surface area contributed by atoms with E-state index in [2.05, 4.69) is 38.1 Å². The van der Waals surface area contributed by atoms with Crippen LogP contribution in [0.15, 0.2) is 30.3 Å². The van der Waals surface area contributed by atoms with E-state index < -0.39 is 0 Å². The van der Waals surface area contributed by atoms with E-state index in [1.807, 2.05) is 6.07 Å². The van der Waals surface area contributed by atoms with Crippen molar-refractivity contribution in [3.05, 3.63) is 35.9 Å². The minimum Gasteiger partial charge on any atom is -0.373 e. The summed E-state index contributed by atoms with van der Waals surface area (Å²) in [6.45, 7) is 5.38. The molecule has 0 radical (unpaired) electrons. The fraction of sp³-hybridized carbons (Fsp3) is 0.650. The van der Waals surface area contributed by atoms with E-state index >= 15 is 0 Å². The number of carbonyl (C=O) groups excluding carboxylic acids is 1. The Labute approximate surface area is 133 Å². The van der Waals surface area contributed by atoms with Crippen molar-refractivity contribution in [3.63, 3.8) is 0 Å². The predicted molar refractivity (Wildman–Crippen MR) is 86.2 cm³/mol. The molecule has 0 spiro atoms. The minimum atomic E-state index is 0.202. The van der Waals surface area contributed by atoms with Gasteiger partial charge >= 0.3 is 0 Å². The summed E-state index contributed by atoms with van der Waals surface area (Å²) in [4.78, 5) is 12.4. The summed E-state index contributed by atoms with van der Waals surface area (Å²) in [7, 11) is 0. The van der Waals surface area contributed by atoms with Crippen molar-refractivity contribution >= 4 is 5.78 Å². The Balaban J connectivity index is 1.51. The van der Waals surface area contributed by atoms with Gasteiger partial charge in [-0.05, 0) is 48.0 Å². The zero-order chi connectivity index (χ0) is 15.3. The van der Waals surface area contributed by atoms with Crippen molar-refractivity contribution in [1.82, 2.24) is 0 Å². The molecule has 4 bridgehead atoms. The molecule has 3 fully saturated rings. The van der Waals surface area contributed by atoms with Gasteiger partial charge in [-0.25, -0.2) is 0 Å². The van der Waals surface area contributed by atoms with Crippen LogP contribution in [0.4, 0.5) is 0 Å². The van der Waals surface area contributed by atoms with Crippen molar-refractivity contribution < 1.29 is 9.53 Å². The van der Waals surface area contributed by atoms with Gasteiger partial charge in [0.2, 0.25) is 0 Å². The van der Waals surface area contributed by atoms with Gasteiger partial charge in [-0.2, -0.15) is 0 Å². The molecule has 2 nitrogen and oxygen atoms in total. The highest BCUT2D eigenvalue weighted by Crippen LogP contribution is 2.64. The SMILES string of the molecule is C[C@H]1CC2CC3CC(=O)C2C3(C)C[C@@H]1OCc1ccccc1. The largest absolute Gasteiger partial charge is 0.373 e. The lowest BCUT2D eigenvalue weighted by Crippen LogP contribution is -2.32. The molecule has 1 aromatic carbocycles. The summed E-state index contributed by atoms with van der Waals surface area (Å²) < 4.78 is 6.33. The van der Waals surface area contributed by atoms with Crippen LogP contribution in [0.25, 0.3) is 0 Å². The Hall–Kier alpha value is -1.15. The lowest BCUT2D eigenvalue weighted by atomic mass is 9.74. The standard InChI is InChI=1S/C20H26O2/c1-13-8-15-9-16-10-17(21)19(15)20(16,2)11-18(13)22-12-14-6-4-3-5-7-14/h3-7,13,15-16,18-19H,8-12H2,1-2H3/t13-,15?,16?,18-,19?,20?/m0/s1. The third-order valence-corrected chi connectivity index (χ3v) is 6.75. The Kier molecular flexibility index (Phi) is 3.41. The molecular weight excluding hydrogens is 272 g/mol. The first kappa shape index (κ1) is 14.4. The number of carbonyl (C=O) groups is 1. The Morgan fingerprint density at radius 2 is 2.00 bits per heavy atom. The highest BCUT2D eigenvalue weighted by Gasteiger charge is 2.62. The molecule has 3 aliphatic carbocycles. The zero-order valence-corrected chi connectivity index (χ0v) is 13.6. The molecule has 4 unspecified atom stereocenters. The summed E-state index contributed by atoms with van der Waals surface area (Å²) in [5.74, 6) is 2.66. The number of Topliss-reactive ketones (excluding diaryl/α,β-unsaturated/α-hetero) is 1. The molecule has 1 aromatic rings. The van der Waals surface area contributed by atoms with Gasteiger partial charge in [0.25, 0.3) is 0 Å². The van der Waals surface area contributed by atoms with Crippen LogP contribution in [0.5, 0.6) is 0 Å². The van der Waals surface area contributed by atoms with E-state index in [4.69, 9.17) is 4.74 Å². The van der Waals surface area contributed by atoms with Gasteiger partial charge in [-0.3, -0.25) is 4.79 Å². The van der Waals surface area contributed by atoms with E-state index in [0.717, 1.165) is 12.8 Å². The smallest absolute Gasteiger partial charge is 0.137 e. The average Bonchev–Trinajstić information content (AvgIpc) is 2.84. The van der Waals surface area contributed by atoms with Crippen LogP contribution in [0.2, 0.25) is 0 Å². The normalized spacial score (nSPS) is 43.4. The molecule has 3 aliphatic rings. The van der Waals surface area contributed by atoms with Gasteiger partial charge in [0.1, 0.15) is 5.78 Å². The molecule has 6 atom stereocenters. The fourth-order valence-corrected chi connectivity index (χ4v) is 5.67. The molecule has 118 valence electrons. The molecule has 22 heavy (non-hydrogen) atoms.